The van der Waals surface area contributed by atoms with Crippen LogP contribution in [0.3, 0.4) is 0 Å². The molecule has 0 aromatic heterocycles. The van der Waals surface area contributed by atoms with Crippen molar-refractivity contribution in [3.05, 3.63) is 12.2 Å². The monoisotopic (exact) mass is 181 g/mol. The highest BCUT2D eigenvalue weighted by atomic mass is 14.9. The first-order chi connectivity index (χ1) is 6.43. The fourth-order valence-electron chi connectivity index (χ4n) is 2.00. The van der Waals surface area contributed by atoms with Crippen molar-refractivity contribution in [3.63, 3.8) is 0 Å². The number of rotatable bonds is 2. The molecule has 76 valence electrons. The van der Waals surface area contributed by atoms with Gasteiger partial charge in [-0.15, -0.1) is 0 Å². The normalized spacial score (nSPS) is 28.2. The van der Waals surface area contributed by atoms with E-state index in [2.05, 4.69) is 24.4 Å². The number of hydrogen-bond donors (Lipinski definition) is 1. The molecule has 0 aliphatic heterocycles. The lowest BCUT2D eigenvalue weighted by Gasteiger charge is -2.17. The van der Waals surface area contributed by atoms with Gasteiger partial charge in [-0.3, -0.25) is 0 Å². The highest BCUT2D eigenvalue weighted by Crippen LogP contribution is 2.12. The molecule has 1 N–H and O–H groups in total. The second-order valence-corrected chi connectivity index (χ2v) is 3.94. The van der Waals surface area contributed by atoms with Gasteiger partial charge in [0.05, 0.1) is 0 Å². The minimum atomic E-state index is 0.771. The molecule has 0 saturated carbocycles. The number of hydrogen-bond acceptors (Lipinski definition) is 1. The van der Waals surface area contributed by atoms with Crippen LogP contribution < -0.4 is 5.32 Å². The predicted octanol–water partition coefficient (Wildman–Crippen LogP) is 3.27. The van der Waals surface area contributed by atoms with E-state index in [0.717, 1.165) is 12.6 Å². The quantitative estimate of drug-likeness (QED) is 0.645. The van der Waals surface area contributed by atoms with E-state index < -0.39 is 0 Å². The Morgan fingerprint density at radius 3 is 2.77 bits per heavy atom. The Balaban J connectivity index is 2.27. The van der Waals surface area contributed by atoms with Crippen LogP contribution in [0, 0.1) is 0 Å². The van der Waals surface area contributed by atoms with Crippen LogP contribution in [-0.4, -0.2) is 12.6 Å². The zero-order valence-corrected chi connectivity index (χ0v) is 8.89. The number of allylic oxidation sites excluding steroid dienone is 2. The molecular weight excluding hydrogens is 158 g/mol. The van der Waals surface area contributed by atoms with Crippen LogP contribution in [0.15, 0.2) is 12.2 Å². The summed E-state index contributed by atoms with van der Waals surface area (Å²) >= 11 is 0. The molecule has 1 rings (SSSR count). The van der Waals surface area contributed by atoms with E-state index in [4.69, 9.17) is 0 Å². The molecule has 1 nitrogen and oxygen atoms in total. The van der Waals surface area contributed by atoms with Crippen LogP contribution in [-0.2, 0) is 0 Å². The minimum absolute atomic E-state index is 0.771. The second-order valence-electron chi connectivity index (χ2n) is 3.94. The van der Waals surface area contributed by atoms with Gasteiger partial charge in [-0.05, 0) is 38.6 Å². The van der Waals surface area contributed by atoms with E-state index in [1.807, 2.05) is 0 Å². The molecule has 0 spiro atoms. The summed E-state index contributed by atoms with van der Waals surface area (Å²) in [7, 11) is 0. The van der Waals surface area contributed by atoms with Crippen molar-refractivity contribution < 1.29 is 0 Å². The highest BCUT2D eigenvalue weighted by Gasteiger charge is 2.05. The third-order valence-corrected chi connectivity index (χ3v) is 2.76. The Labute approximate surface area is 82.6 Å². The lowest BCUT2D eigenvalue weighted by atomic mass is 10.0. The zero-order chi connectivity index (χ0) is 9.36. The summed E-state index contributed by atoms with van der Waals surface area (Å²) in [5.41, 5.74) is 0. The summed E-state index contributed by atoms with van der Waals surface area (Å²) in [4.78, 5) is 0. The van der Waals surface area contributed by atoms with Crippen molar-refractivity contribution in [1.82, 2.24) is 5.32 Å². The Bertz CT molecular complexity index is 140. The van der Waals surface area contributed by atoms with Crippen molar-refractivity contribution in [2.45, 2.75) is 57.9 Å². The Morgan fingerprint density at radius 2 is 1.92 bits per heavy atom. The second kappa shape index (κ2) is 7.14. The first-order valence-electron chi connectivity index (χ1n) is 5.82. The summed E-state index contributed by atoms with van der Waals surface area (Å²) in [6.07, 6.45) is 14.2. The summed E-state index contributed by atoms with van der Waals surface area (Å²) in [5, 5.41) is 3.57. The highest BCUT2D eigenvalue weighted by molar-refractivity contribution is 4.84. The standard InChI is InChI=1S/C12H23N/c1-2-13-12-10-8-6-4-3-5-7-9-11-12/h4,6,12-13H,2-3,5,7-11H2,1H3/b6-4-. The van der Waals surface area contributed by atoms with Crippen LogP contribution in [0.1, 0.15) is 51.9 Å². The maximum absolute atomic E-state index is 3.57. The van der Waals surface area contributed by atoms with Crippen molar-refractivity contribution in [1.29, 1.82) is 0 Å². The smallest absolute Gasteiger partial charge is 0.00698 e. The van der Waals surface area contributed by atoms with E-state index >= 15 is 0 Å². The van der Waals surface area contributed by atoms with Crippen molar-refractivity contribution in [2.24, 2.45) is 0 Å². The van der Waals surface area contributed by atoms with E-state index in [0.29, 0.717) is 0 Å². The van der Waals surface area contributed by atoms with Gasteiger partial charge in [-0.2, -0.15) is 0 Å². The van der Waals surface area contributed by atoms with E-state index in [-0.39, 0.29) is 0 Å². The molecule has 0 bridgehead atoms. The van der Waals surface area contributed by atoms with Gasteiger partial charge in [-0.1, -0.05) is 31.9 Å². The van der Waals surface area contributed by atoms with Gasteiger partial charge in [0.25, 0.3) is 0 Å². The van der Waals surface area contributed by atoms with Crippen LogP contribution in [0.5, 0.6) is 0 Å². The number of nitrogens with one attached hydrogen (secondary N) is 1. The van der Waals surface area contributed by atoms with Gasteiger partial charge in [0, 0.05) is 6.04 Å². The molecular formula is C12H23N. The molecule has 0 fully saturated rings. The van der Waals surface area contributed by atoms with Gasteiger partial charge in [-0.25, -0.2) is 0 Å². The van der Waals surface area contributed by atoms with Gasteiger partial charge in [0.15, 0.2) is 0 Å². The molecule has 1 heteroatoms. The van der Waals surface area contributed by atoms with Gasteiger partial charge in [0.1, 0.15) is 0 Å². The zero-order valence-electron chi connectivity index (χ0n) is 8.89. The lowest BCUT2D eigenvalue weighted by molar-refractivity contribution is 0.442. The first kappa shape index (κ1) is 10.8. The molecule has 0 saturated heterocycles. The summed E-state index contributed by atoms with van der Waals surface area (Å²) < 4.78 is 0. The summed E-state index contributed by atoms with van der Waals surface area (Å²) in [5.74, 6) is 0. The largest absolute Gasteiger partial charge is 0.314 e. The molecule has 1 aliphatic carbocycles. The summed E-state index contributed by atoms with van der Waals surface area (Å²) in [6, 6.07) is 0.771. The first-order valence-corrected chi connectivity index (χ1v) is 5.82. The fourth-order valence-corrected chi connectivity index (χ4v) is 2.00. The predicted molar refractivity (Wildman–Crippen MR) is 58.9 cm³/mol. The van der Waals surface area contributed by atoms with Crippen molar-refractivity contribution in [3.8, 4) is 0 Å². The topological polar surface area (TPSA) is 12.0 Å². The van der Waals surface area contributed by atoms with Gasteiger partial charge >= 0.3 is 0 Å². The van der Waals surface area contributed by atoms with Crippen molar-refractivity contribution >= 4 is 0 Å². The third kappa shape index (κ3) is 5.09. The van der Waals surface area contributed by atoms with Gasteiger partial charge in [0.2, 0.25) is 0 Å². The molecule has 0 aromatic rings. The molecule has 0 amide bonds. The Morgan fingerprint density at radius 1 is 1.08 bits per heavy atom. The van der Waals surface area contributed by atoms with Crippen LogP contribution in [0.25, 0.3) is 0 Å². The molecule has 13 heavy (non-hydrogen) atoms. The van der Waals surface area contributed by atoms with Crippen LogP contribution in [0.2, 0.25) is 0 Å². The van der Waals surface area contributed by atoms with Crippen molar-refractivity contribution in [2.75, 3.05) is 6.54 Å². The maximum Gasteiger partial charge on any atom is 0.00698 e. The molecule has 0 aromatic carbocycles. The van der Waals surface area contributed by atoms with Crippen LogP contribution >= 0.6 is 0 Å². The fraction of sp³-hybridized carbons (Fsp3) is 0.833. The molecule has 1 atom stereocenters. The summed E-state index contributed by atoms with van der Waals surface area (Å²) in [6.45, 7) is 3.32. The average Bonchev–Trinajstić information content (AvgIpc) is 2.16. The molecule has 1 aliphatic rings. The van der Waals surface area contributed by atoms with Crippen LogP contribution in [0.4, 0.5) is 0 Å². The molecule has 1 unspecified atom stereocenters. The molecule has 0 heterocycles. The average molecular weight is 181 g/mol. The van der Waals surface area contributed by atoms with E-state index in [9.17, 15) is 0 Å². The molecule has 0 radical (unpaired) electrons. The minimum Gasteiger partial charge on any atom is -0.314 e. The third-order valence-electron chi connectivity index (χ3n) is 2.76. The Kier molecular flexibility index (Phi) is 5.92. The SMILES string of the molecule is CCNC1CC/C=C\CCCCC1. The maximum atomic E-state index is 3.57. The Hall–Kier alpha value is -0.300. The van der Waals surface area contributed by atoms with Gasteiger partial charge < -0.3 is 5.32 Å². The van der Waals surface area contributed by atoms with E-state index in [1.54, 1.807) is 0 Å². The van der Waals surface area contributed by atoms with E-state index in [1.165, 1.54) is 44.9 Å². The lowest BCUT2D eigenvalue weighted by Crippen LogP contribution is -2.28.